The zero-order chi connectivity index (χ0) is 82.6. The Kier molecular flexibility index (Phi) is 15.8. The molecule has 0 saturated carbocycles. The van der Waals surface area contributed by atoms with Crippen molar-refractivity contribution in [2.75, 3.05) is 0 Å². The van der Waals surface area contributed by atoms with Gasteiger partial charge in [-0.1, -0.05) is 255 Å². The molecule has 0 atom stereocenters. The van der Waals surface area contributed by atoms with Crippen molar-refractivity contribution in [3.8, 4) is 113 Å². The van der Waals surface area contributed by atoms with Crippen molar-refractivity contribution in [1.82, 2.24) is 52.3 Å². The van der Waals surface area contributed by atoms with Gasteiger partial charge in [-0.3, -0.25) is 15.0 Å². The normalized spacial score (nSPS) is 12.0. The van der Waals surface area contributed by atoms with Crippen LogP contribution in [0.2, 0.25) is 0 Å². The number of pyridine rings is 5. The van der Waals surface area contributed by atoms with E-state index in [0.29, 0.717) is 0 Å². The maximum absolute atomic E-state index is 5.45. The van der Waals surface area contributed by atoms with Crippen LogP contribution in [0.5, 0.6) is 0 Å². The van der Waals surface area contributed by atoms with Crippen LogP contribution >= 0.6 is 0 Å². The molecular formula is C115H71N11. The molecule has 0 spiro atoms. The van der Waals surface area contributed by atoms with Crippen LogP contribution in [-0.2, 0) is 0 Å². The molecule has 0 saturated heterocycles. The highest BCUT2D eigenvalue weighted by molar-refractivity contribution is 6.17. The summed E-state index contributed by atoms with van der Waals surface area (Å²) in [6, 6.07) is 148. The van der Waals surface area contributed by atoms with Gasteiger partial charge in [0.1, 0.15) is 0 Å². The van der Waals surface area contributed by atoms with Gasteiger partial charge >= 0.3 is 0 Å². The molecule has 11 heterocycles. The molecule has 26 rings (SSSR count). The summed E-state index contributed by atoms with van der Waals surface area (Å²) in [7, 11) is 0. The summed E-state index contributed by atoms with van der Waals surface area (Å²) >= 11 is 0. The molecule has 586 valence electrons. The Morgan fingerprint density at radius 1 is 0.151 bits per heavy atom. The van der Waals surface area contributed by atoms with Gasteiger partial charge in [-0.2, -0.15) is 0 Å². The van der Waals surface area contributed by atoms with Crippen LogP contribution in [0.1, 0.15) is 0 Å². The predicted octanol–water partition coefficient (Wildman–Crippen LogP) is 28.9. The molecule has 0 N–H and O–H groups in total. The third-order valence-corrected chi connectivity index (χ3v) is 25.7. The average molecular weight is 1610 g/mol. The Hall–Kier alpha value is -17.2. The lowest BCUT2D eigenvalue weighted by Gasteiger charge is -2.16. The van der Waals surface area contributed by atoms with E-state index in [2.05, 4.69) is 428 Å². The smallest absolute Gasteiger partial charge is 0.0963 e. The first-order valence-corrected chi connectivity index (χ1v) is 42.7. The van der Waals surface area contributed by atoms with Gasteiger partial charge < -0.3 is 27.4 Å². The first-order valence-electron chi connectivity index (χ1n) is 42.7. The van der Waals surface area contributed by atoms with E-state index in [9.17, 15) is 0 Å². The maximum atomic E-state index is 5.45. The van der Waals surface area contributed by atoms with Crippen LogP contribution in [0.4, 0.5) is 0 Å². The van der Waals surface area contributed by atoms with Crippen molar-refractivity contribution in [3.63, 3.8) is 0 Å². The predicted molar refractivity (Wildman–Crippen MR) is 520 cm³/mol. The van der Waals surface area contributed by atoms with Crippen molar-refractivity contribution in [3.05, 3.63) is 431 Å². The quantitative estimate of drug-likeness (QED) is 0.115. The highest BCUT2D eigenvalue weighted by Gasteiger charge is 2.26. The van der Waals surface area contributed by atoms with E-state index < -0.39 is 0 Å². The third-order valence-electron chi connectivity index (χ3n) is 25.7. The second-order valence-corrected chi connectivity index (χ2v) is 32.8. The number of benzene rings is 15. The molecule has 11 heteroatoms. The van der Waals surface area contributed by atoms with Crippen LogP contribution in [0.3, 0.4) is 0 Å². The van der Waals surface area contributed by atoms with E-state index in [1.54, 1.807) is 0 Å². The fourth-order valence-corrected chi connectivity index (χ4v) is 20.1. The summed E-state index contributed by atoms with van der Waals surface area (Å²) in [5.74, 6) is 0. The molecule has 0 unspecified atom stereocenters. The minimum Gasteiger partial charge on any atom is -0.309 e. The van der Waals surface area contributed by atoms with Gasteiger partial charge in [0.15, 0.2) is 0 Å². The summed E-state index contributed by atoms with van der Waals surface area (Å²) in [6.07, 6.45) is 7.72. The lowest BCUT2D eigenvalue weighted by atomic mass is 9.99. The Morgan fingerprint density at radius 2 is 0.413 bits per heavy atom. The van der Waals surface area contributed by atoms with E-state index in [4.69, 9.17) is 24.9 Å². The van der Waals surface area contributed by atoms with Gasteiger partial charge in [0.25, 0.3) is 0 Å². The van der Waals surface area contributed by atoms with Crippen LogP contribution in [-0.4, -0.2) is 52.3 Å². The van der Waals surface area contributed by atoms with Gasteiger partial charge in [-0.25, -0.2) is 9.97 Å². The second-order valence-electron chi connectivity index (χ2n) is 32.8. The zero-order valence-corrected chi connectivity index (χ0v) is 67.9. The maximum Gasteiger partial charge on any atom is 0.0963 e. The van der Waals surface area contributed by atoms with Gasteiger partial charge in [0.05, 0.1) is 135 Å². The van der Waals surface area contributed by atoms with Gasteiger partial charge in [0.2, 0.25) is 0 Å². The van der Waals surface area contributed by atoms with Gasteiger partial charge in [-0.05, 0) is 185 Å². The minimum atomic E-state index is 0.883. The third kappa shape index (κ3) is 11.2. The lowest BCUT2D eigenvalue weighted by Crippen LogP contribution is -2.00. The fraction of sp³-hybridized carbons (Fsp3) is 0. The average Bonchev–Trinajstić information content (AvgIpc) is 1.57. The van der Waals surface area contributed by atoms with Crippen molar-refractivity contribution in [2.45, 2.75) is 0 Å². The molecule has 11 aromatic heterocycles. The zero-order valence-electron chi connectivity index (χ0n) is 67.9. The second kappa shape index (κ2) is 28.2. The number of hydrogen-bond acceptors (Lipinski definition) is 5. The highest BCUT2D eigenvalue weighted by atomic mass is 15.1. The van der Waals surface area contributed by atoms with E-state index in [1.165, 1.54) is 10.8 Å². The molecule has 11 nitrogen and oxygen atoms in total. The largest absolute Gasteiger partial charge is 0.309 e. The van der Waals surface area contributed by atoms with E-state index >= 15 is 0 Å². The Balaban J connectivity index is 0.653. The molecule has 0 aliphatic rings. The highest BCUT2D eigenvalue weighted by Crippen LogP contribution is 2.46. The first-order chi connectivity index (χ1) is 62.5. The van der Waals surface area contributed by atoms with Crippen molar-refractivity contribution >= 4 is 131 Å². The van der Waals surface area contributed by atoms with Crippen molar-refractivity contribution in [2.24, 2.45) is 0 Å². The lowest BCUT2D eigenvalue weighted by molar-refractivity contribution is 1.09. The molecule has 126 heavy (non-hydrogen) atoms. The molecule has 15 aromatic carbocycles. The molecule has 0 bridgehead atoms. The fourth-order valence-electron chi connectivity index (χ4n) is 20.1. The number of para-hydroxylation sites is 5. The summed E-state index contributed by atoms with van der Waals surface area (Å²) in [4.78, 5) is 25.7. The monoisotopic (exact) mass is 1610 g/mol. The summed E-state index contributed by atoms with van der Waals surface area (Å²) in [5, 5.41) is 11.4. The molecule has 0 amide bonds. The summed E-state index contributed by atoms with van der Waals surface area (Å²) in [5.41, 5.74) is 35.3. The van der Waals surface area contributed by atoms with Crippen LogP contribution in [0.15, 0.2) is 431 Å². The first kappa shape index (κ1) is 70.7. The molecule has 0 fully saturated rings. The Morgan fingerprint density at radius 3 is 0.817 bits per heavy atom. The number of hydrogen-bond donors (Lipinski definition) is 0. The molecule has 0 radical (unpaired) electrons. The van der Waals surface area contributed by atoms with Crippen LogP contribution in [0.25, 0.3) is 244 Å². The number of nitrogens with zero attached hydrogens (tertiary/aromatic N) is 11. The van der Waals surface area contributed by atoms with Crippen molar-refractivity contribution in [1.29, 1.82) is 0 Å². The van der Waals surface area contributed by atoms with E-state index in [0.717, 1.165) is 233 Å². The molecule has 26 aromatic rings. The summed E-state index contributed by atoms with van der Waals surface area (Å²) < 4.78 is 14.4. The van der Waals surface area contributed by atoms with Crippen LogP contribution in [0, 0.1) is 0 Å². The topological polar surface area (TPSA) is 94.0 Å². The van der Waals surface area contributed by atoms with E-state index in [-0.39, 0.29) is 0 Å². The van der Waals surface area contributed by atoms with Crippen molar-refractivity contribution < 1.29 is 0 Å². The number of fused-ring (bicyclic) bond motifs is 18. The van der Waals surface area contributed by atoms with E-state index in [1.807, 2.05) is 30.9 Å². The molecular weight excluding hydrogens is 1540 g/mol. The molecule has 0 aliphatic carbocycles. The number of rotatable bonds is 13. The van der Waals surface area contributed by atoms with Gasteiger partial charge in [0, 0.05) is 99.9 Å². The number of aromatic nitrogens is 11. The Labute approximate surface area is 722 Å². The standard InChI is InChI=1S/C115H71N11/c1-5-25-72(26-6-1)98-66-84(67-99(119-98)73-27-7-2-8-28-73)123-102-38-18-13-33-88(102)91-50-45-79(62-112(91)123)76-47-52-107-95(59-76)89-34-14-19-39-103(89)121(107)82-57-81(58-83(64-82)122-105-41-21-16-36-93(105)114-110(122)43-23-55-117-114)78-49-54-108-97(61-78)92-51-46-80(63-113(92)124(108)85-68-100(74-29-9-3-10-30-74)120-101(69-85)75-31-11-4-12-32-75)77-48-53-109-96(60-77)90-35-15-20-40-104(90)125(109)86-65-87(71-116-70-86)126-106-42-22-17-37-94(106)115-111(126)44-24-56-118-115/h1-71H. The SMILES string of the molecule is c1ccc(-c2cc(-n3c4ccccc4c4ccc(-c5ccc6c(c5)c5ccccc5n6-c5cc(-c6ccc7c(c6)c6ccc(-c8ccc9c(c8)c8ccccc8n9-c8cncc(-n9c%10ccccc%10c%10ncccc%109)c8)cc6n7-c6cc(-c7ccccc7)nc(-c7ccccc7)c6)cc(-n6c7ccccc7c7ncccc76)c5)cc43)cc(-c3ccccc3)n2)cc1. The van der Waals surface area contributed by atoms with Crippen LogP contribution < -0.4 is 0 Å². The molecule has 0 aliphatic heterocycles. The summed E-state index contributed by atoms with van der Waals surface area (Å²) in [6.45, 7) is 0. The minimum absolute atomic E-state index is 0.883. The Bertz CT molecular complexity index is 8750. The van der Waals surface area contributed by atoms with Gasteiger partial charge in [-0.15, -0.1) is 0 Å².